The summed E-state index contributed by atoms with van der Waals surface area (Å²) in [7, 11) is 0. The third kappa shape index (κ3) is 4.00. The van der Waals surface area contributed by atoms with E-state index < -0.39 is 5.25 Å². The molecular weight excluding hydrogens is 428 g/mol. The van der Waals surface area contributed by atoms with Crippen molar-refractivity contribution in [1.82, 2.24) is 19.7 Å². The highest BCUT2D eigenvalue weighted by Crippen LogP contribution is 2.33. The van der Waals surface area contributed by atoms with Crippen LogP contribution in [0.5, 0.6) is 0 Å². The highest BCUT2D eigenvalue weighted by molar-refractivity contribution is 8.00. The zero-order valence-electron chi connectivity index (χ0n) is 17.7. The third-order valence-corrected chi connectivity index (χ3v) is 6.99. The zero-order valence-corrected chi connectivity index (χ0v) is 19.3. The normalized spacial score (nSPS) is 12.1. The maximum absolute atomic E-state index is 13.2. The zero-order chi connectivity index (χ0) is 22.1. The predicted molar refractivity (Wildman–Crippen MR) is 125 cm³/mol. The van der Waals surface area contributed by atoms with E-state index >= 15 is 0 Å². The van der Waals surface area contributed by atoms with Crippen LogP contribution in [0.2, 0.25) is 0 Å². The highest BCUT2D eigenvalue weighted by atomic mass is 32.2. The molecule has 1 N–H and O–H groups in total. The average Bonchev–Trinajstić information content (AvgIpc) is 3.47. The number of thioether (sulfide) groups is 1. The number of hydrogen-bond acceptors (Lipinski definition) is 6. The number of aromatic nitrogens is 4. The van der Waals surface area contributed by atoms with Crippen LogP contribution in [0, 0.1) is 13.8 Å². The van der Waals surface area contributed by atoms with E-state index in [1.165, 1.54) is 18.7 Å². The number of Topliss-reactive ketones (excluding diaryl/α,β-unsaturated/α-hetero) is 2. The lowest BCUT2D eigenvalue weighted by Crippen LogP contribution is -2.16. The van der Waals surface area contributed by atoms with Crippen LogP contribution in [0.1, 0.15) is 46.0 Å². The van der Waals surface area contributed by atoms with Gasteiger partial charge in [0.05, 0.1) is 15.8 Å². The first-order chi connectivity index (χ1) is 14.9. The Bertz CT molecular complexity index is 1240. The summed E-state index contributed by atoms with van der Waals surface area (Å²) in [6.07, 6.45) is 0. The molecular formula is C23H22N4O2S2. The fraction of sp³-hybridized carbons (Fsp3) is 0.217. The van der Waals surface area contributed by atoms with Crippen molar-refractivity contribution in [2.75, 3.05) is 0 Å². The number of carbonyl (C=O) groups excluding carboxylic acids is 2. The van der Waals surface area contributed by atoms with Gasteiger partial charge in [0.15, 0.2) is 22.5 Å². The van der Waals surface area contributed by atoms with Crippen LogP contribution in [-0.4, -0.2) is 36.6 Å². The molecule has 158 valence electrons. The van der Waals surface area contributed by atoms with Crippen LogP contribution in [-0.2, 0) is 0 Å². The van der Waals surface area contributed by atoms with Gasteiger partial charge in [-0.05, 0) is 56.8 Å². The molecule has 0 spiro atoms. The van der Waals surface area contributed by atoms with Gasteiger partial charge in [-0.3, -0.25) is 14.2 Å². The van der Waals surface area contributed by atoms with Gasteiger partial charge in [-0.1, -0.05) is 36.0 Å². The Morgan fingerprint density at radius 2 is 1.84 bits per heavy atom. The van der Waals surface area contributed by atoms with Crippen molar-refractivity contribution >= 4 is 34.7 Å². The Hall–Kier alpha value is -2.97. The third-order valence-electron chi connectivity index (χ3n) is 5.08. The second-order valence-corrected chi connectivity index (χ2v) is 9.52. The molecule has 3 heterocycles. The Kier molecular flexibility index (Phi) is 5.93. The smallest absolute Gasteiger partial charge is 0.196 e. The van der Waals surface area contributed by atoms with E-state index in [9.17, 15) is 9.59 Å². The molecule has 1 aromatic carbocycles. The lowest BCUT2D eigenvalue weighted by atomic mass is 10.0. The molecule has 0 radical (unpaired) electrons. The van der Waals surface area contributed by atoms with Gasteiger partial charge in [0.2, 0.25) is 0 Å². The molecule has 0 amide bonds. The largest absolute Gasteiger partial charge is 0.355 e. The second-order valence-electron chi connectivity index (χ2n) is 7.26. The first kappa shape index (κ1) is 21.3. The number of ketones is 2. The molecule has 4 aromatic rings. The van der Waals surface area contributed by atoms with Crippen LogP contribution in [0.4, 0.5) is 0 Å². The molecule has 31 heavy (non-hydrogen) atoms. The van der Waals surface area contributed by atoms with Crippen molar-refractivity contribution in [2.24, 2.45) is 0 Å². The Morgan fingerprint density at radius 1 is 1.10 bits per heavy atom. The molecule has 0 aliphatic carbocycles. The Balaban J connectivity index is 1.69. The molecule has 3 aromatic heterocycles. The van der Waals surface area contributed by atoms with Crippen molar-refractivity contribution in [3.8, 4) is 16.4 Å². The topological polar surface area (TPSA) is 80.6 Å². The van der Waals surface area contributed by atoms with Crippen LogP contribution >= 0.6 is 23.1 Å². The van der Waals surface area contributed by atoms with Crippen molar-refractivity contribution in [2.45, 2.75) is 38.1 Å². The predicted octanol–water partition coefficient (Wildman–Crippen LogP) is 5.51. The molecule has 0 aliphatic heterocycles. The summed E-state index contributed by atoms with van der Waals surface area (Å²) < 4.78 is 1.98. The SMILES string of the molecule is CC(=O)c1c(C)[nH]c(C(=O)[C@H](C)Sc2nnc(-c3cccs3)n2-c2ccccc2)c1C. The Labute approximate surface area is 188 Å². The number of H-pyrrole nitrogens is 1. The first-order valence-corrected chi connectivity index (χ1v) is 11.6. The molecule has 8 heteroatoms. The Morgan fingerprint density at radius 3 is 2.45 bits per heavy atom. The van der Waals surface area contributed by atoms with E-state index in [0.29, 0.717) is 22.0 Å². The van der Waals surface area contributed by atoms with E-state index in [-0.39, 0.29) is 11.6 Å². The van der Waals surface area contributed by atoms with Crippen molar-refractivity contribution < 1.29 is 9.59 Å². The lowest BCUT2D eigenvalue weighted by molar-refractivity contribution is 0.0988. The molecule has 0 fully saturated rings. The number of carbonyl (C=O) groups is 2. The van der Waals surface area contributed by atoms with Gasteiger partial charge in [0.25, 0.3) is 0 Å². The van der Waals surface area contributed by atoms with Gasteiger partial charge in [-0.15, -0.1) is 21.5 Å². The molecule has 1 atom stereocenters. The fourth-order valence-electron chi connectivity index (χ4n) is 3.66. The van der Waals surface area contributed by atoms with Gasteiger partial charge >= 0.3 is 0 Å². The number of benzene rings is 1. The van der Waals surface area contributed by atoms with Crippen molar-refractivity contribution in [3.05, 3.63) is 70.4 Å². The van der Waals surface area contributed by atoms with E-state index in [0.717, 1.165) is 22.1 Å². The number of aryl methyl sites for hydroxylation is 1. The monoisotopic (exact) mass is 450 g/mol. The van der Waals surface area contributed by atoms with Crippen LogP contribution in [0.3, 0.4) is 0 Å². The summed E-state index contributed by atoms with van der Waals surface area (Å²) in [5.41, 5.74) is 3.42. The minimum absolute atomic E-state index is 0.0463. The standard InChI is InChI=1S/C23H22N4O2S2/c1-13-19(15(3)28)14(2)24-20(13)21(29)16(4)31-23-26-25-22(18-11-8-12-30-18)27(23)17-9-6-5-7-10-17/h5-12,16,24H,1-4H3/t16-/m0/s1. The number of aromatic amines is 1. The summed E-state index contributed by atoms with van der Waals surface area (Å²) in [5, 5.41) is 11.0. The van der Waals surface area contributed by atoms with Crippen LogP contribution < -0.4 is 0 Å². The van der Waals surface area contributed by atoms with Crippen molar-refractivity contribution in [3.63, 3.8) is 0 Å². The highest BCUT2D eigenvalue weighted by Gasteiger charge is 2.27. The van der Waals surface area contributed by atoms with Crippen LogP contribution in [0.15, 0.2) is 53.0 Å². The number of hydrogen-bond donors (Lipinski definition) is 1. The number of thiophene rings is 1. The first-order valence-electron chi connectivity index (χ1n) is 9.84. The average molecular weight is 451 g/mol. The molecule has 0 saturated heterocycles. The number of para-hydroxylation sites is 1. The molecule has 0 bridgehead atoms. The van der Waals surface area contributed by atoms with Gasteiger partial charge in [-0.2, -0.15) is 0 Å². The number of nitrogens with one attached hydrogen (secondary N) is 1. The maximum atomic E-state index is 13.2. The summed E-state index contributed by atoms with van der Waals surface area (Å²) >= 11 is 2.95. The fourth-order valence-corrected chi connectivity index (χ4v) is 5.29. The molecule has 6 nitrogen and oxygen atoms in total. The molecule has 0 saturated carbocycles. The van der Waals surface area contributed by atoms with E-state index in [4.69, 9.17) is 0 Å². The van der Waals surface area contributed by atoms with E-state index in [2.05, 4.69) is 15.2 Å². The van der Waals surface area contributed by atoms with Crippen LogP contribution in [0.25, 0.3) is 16.4 Å². The minimum Gasteiger partial charge on any atom is -0.355 e. The number of nitrogens with zero attached hydrogens (tertiary/aromatic N) is 3. The quantitative estimate of drug-likeness (QED) is 0.297. The van der Waals surface area contributed by atoms with E-state index in [1.54, 1.807) is 11.3 Å². The molecule has 0 unspecified atom stereocenters. The van der Waals surface area contributed by atoms with Gasteiger partial charge < -0.3 is 4.98 Å². The van der Waals surface area contributed by atoms with E-state index in [1.807, 2.05) is 73.2 Å². The maximum Gasteiger partial charge on any atom is 0.196 e. The summed E-state index contributed by atoms with van der Waals surface area (Å²) in [5.74, 6) is 0.627. The van der Waals surface area contributed by atoms with Gasteiger partial charge in [0.1, 0.15) is 0 Å². The van der Waals surface area contributed by atoms with Gasteiger partial charge in [-0.25, -0.2) is 0 Å². The summed E-state index contributed by atoms with van der Waals surface area (Å²) in [6, 6.07) is 13.9. The molecule has 0 aliphatic rings. The lowest BCUT2D eigenvalue weighted by Gasteiger charge is -2.13. The molecule has 4 rings (SSSR count). The minimum atomic E-state index is -0.417. The summed E-state index contributed by atoms with van der Waals surface area (Å²) in [4.78, 5) is 29.3. The summed E-state index contributed by atoms with van der Waals surface area (Å²) in [6.45, 7) is 7.00. The van der Waals surface area contributed by atoms with Crippen molar-refractivity contribution in [1.29, 1.82) is 0 Å². The van der Waals surface area contributed by atoms with Gasteiger partial charge in [0, 0.05) is 16.9 Å². The second kappa shape index (κ2) is 8.64. The number of rotatable bonds is 7.